The maximum Gasteiger partial charge on any atom is 0.224 e. The first-order valence-electron chi connectivity index (χ1n) is 12.3. The third-order valence-electron chi connectivity index (χ3n) is 6.90. The number of nitrogens with zero attached hydrogens (tertiary/aromatic N) is 1. The van der Waals surface area contributed by atoms with Crippen molar-refractivity contribution >= 4 is 11.5 Å². The molecule has 180 valence electrons. The van der Waals surface area contributed by atoms with Crippen molar-refractivity contribution in [1.29, 1.82) is 0 Å². The van der Waals surface area contributed by atoms with Crippen molar-refractivity contribution in [3.05, 3.63) is 124 Å². The van der Waals surface area contributed by atoms with E-state index in [-0.39, 0.29) is 5.91 Å². The number of fused-ring (bicyclic) bond motifs is 1. The van der Waals surface area contributed by atoms with Crippen LogP contribution in [-0.4, -0.2) is 18.0 Å². The number of benzene rings is 3. The van der Waals surface area contributed by atoms with Gasteiger partial charge in [0.1, 0.15) is 5.75 Å². The molecule has 5 rings (SSSR count). The third-order valence-corrected chi connectivity index (χ3v) is 6.90. The molecular formula is C32H30N2O2. The molecule has 36 heavy (non-hydrogen) atoms. The average molecular weight is 475 g/mol. The molecule has 1 aliphatic carbocycles. The van der Waals surface area contributed by atoms with Crippen LogP contribution in [0.15, 0.2) is 85.1 Å². The highest BCUT2D eigenvalue weighted by Gasteiger charge is 2.18. The Hall–Kier alpha value is -4.18. The van der Waals surface area contributed by atoms with E-state index in [1.807, 2.05) is 36.5 Å². The van der Waals surface area contributed by atoms with Crippen LogP contribution in [0.3, 0.4) is 0 Å². The number of hydrogen-bond donors (Lipinski definition) is 1. The highest BCUT2D eigenvalue weighted by atomic mass is 16.5. The largest absolute Gasteiger partial charge is 0.496 e. The zero-order valence-corrected chi connectivity index (χ0v) is 21.0. The maximum absolute atomic E-state index is 12.3. The highest BCUT2D eigenvalue weighted by molar-refractivity contribution is 5.86. The van der Waals surface area contributed by atoms with Gasteiger partial charge >= 0.3 is 0 Å². The van der Waals surface area contributed by atoms with Gasteiger partial charge in [0.05, 0.1) is 19.2 Å². The number of methoxy groups -OCH3 is 1. The van der Waals surface area contributed by atoms with Gasteiger partial charge in [0, 0.05) is 30.3 Å². The van der Waals surface area contributed by atoms with Crippen LogP contribution in [-0.2, 0) is 24.2 Å². The fourth-order valence-electron chi connectivity index (χ4n) is 4.68. The molecule has 4 nitrogen and oxygen atoms in total. The Morgan fingerprint density at radius 2 is 1.69 bits per heavy atom. The monoisotopic (exact) mass is 474 g/mol. The molecule has 0 saturated carbocycles. The maximum atomic E-state index is 12.3. The van der Waals surface area contributed by atoms with Gasteiger partial charge in [0.25, 0.3) is 0 Å². The summed E-state index contributed by atoms with van der Waals surface area (Å²) in [7, 11) is 1.71. The van der Waals surface area contributed by atoms with Crippen LogP contribution in [0.1, 0.15) is 39.1 Å². The van der Waals surface area contributed by atoms with Crippen LogP contribution in [0.25, 0.3) is 16.7 Å². The molecule has 1 amide bonds. The summed E-state index contributed by atoms with van der Waals surface area (Å²) in [6, 6.07) is 24.8. The summed E-state index contributed by atoms with van der Waals surface area (Å²) < 4.78 is 5.59. The van der Waals surface area contributed by atoms with Gasteiger partial charge in [-0.3, -0.25) is 9.78 Å². The van der Waals surface area contributed by atoms with Crippen LogP contribution in [0.4, 0.5) is 0 Å². The lowest BCUT2D eigenvalue weighted by Crippen LogP contribution is -2.24. The van der Waals surface area contributed by atoms with Crippen molar-refractivity contribution < 1.29 is 9.53 Å². The van der Waals surface area contributed by atoms with Crippen LogP contribution >= 0.6 is 0 Å². The topological polar surface area (TPSA) is 51.2 Å². The van der Waals surface area contributed by atoms with Crippen molar-refractivity contribution in [2.75, 3.05) is 7.11 Å². The van der Waals surface area contributed by atoms with Crippen molar-refractivity contribution in [1.82, 2.24) is 10.3 Å². The van der Waals surface area contributed by atoms with Crippen LogP contribution in [0.5, 0.6) is 5.75 Å². The first-order valence-corrected chi connectivity index (χ1v) is 12.3. The summed E-state index contributed by atoms with van der Waals surface area (Å²) in [5.41, 5.74) is 11.3. The molecule has 0 aliphatic heterocycles. The number of pyridine rings is 1. The SMILES string of the molecule is COc1cc(-c2cnc3c(c2)C(c2ccc(CNC(=O)Cc4ccccc4)cc2)=CC3)cc(C)c1C. The van der Waals surface area contributed by atoms with Gasteiger partial charge < -0.3 is 10.1 Å². The number of ether oxygens (including phenoxy) is 1. The number of allylic oxidation sites excluding steroid dienone is 1. The van der Waals surface area contributed by atoms with E-state index in [4.69, 9.17) is 9.72 Å². The van der Waals surface area contributed by atoms with E-state index in [2.05, 4.69) is 67.7 Å². The number of aromatic nitrogens is 1. The quantitative estimate of drug-likeness (QED) is 0.346. The molecule has 0 saturated heterocycles. The van der Waals surface area contributed by atoms with E-state index in [0.717, 1.165) is 51.2 Å². The lowest BCUT2D eigenvalue weighted by Gasteiger charge is -2.13. The standard InChI is InChI=1S/C32H30N2O2/c1-21-15-26(18-31(36-3)22(21)2)27-17-29-28(13-14-30(29)33-20-27)25-11-9-24(10-12-25)19-34-32(35)16-23-7-5-4-6-8-23/h4-13,15,17-18,20H,14,16,19H2,1-3H3,(H,34,35). The van der Waals surface area contributed by atoms with Crippen molar-refractivity contribution in [2.24, 2.45) is 0 Å². The molecule has 0 unspecified atom stereocenters. The Bertz CT molecular complexity index is 1440. The van der Waals surface area contributed by atoms with Gasteiger partial charge in [-0.05, 0) is 64.9 Å². The Kier molecular flexibility index (Phi) is 6.68. The molecule has 0 atom stereocenters. The third kappa shape index (κ3) is 4.94. The van der Waals surface area contributed by atoms with Gasteiger partial charge in [-0.1, -0.05) is 66.7 Å². The predicted molar refractivity (Wildman–Crippen MR) is 145 cm³/mol. The summed E-state index contributed by atoms with van der Waals surface area (Å²) in [6.45, 7) is 4.71. The summed E-state index contributed by atoms with van der Waals surface area (Å²) in [6.07, 6.45) is 5.43. The lowest BCUT2D eigenvalue weighted by atomic mass is 9.95. The summed E-state index contributed by atoms with van der Waals surface area (Å²) in [5.74, 6) is 0.923. The first kappa shape index (κ1) is 23.6. The van der Waals surface area contributed by atoms with E-state index in [0.29, 0.717) is 13.0 Å². The Morgan fingerprint density at radius 1 is 0.917 bits per heavy atom. The summed E-state index contributed by atoms with van der Waals surface area (Å²) in [5, 5.41) is 3.02. The fourth-order valence-corrected chi connectivity index (χ4v) is 4.68. The first-order chi connectivity index (χ1) is 17.5. The number of nitrogens with one attached hydrogen (secondary N) is 1. The second-order valence-corrected chi connectivity index (χ2v) is 9.30. The van der Waals surface area contributed by atoms with E-state index in [1.165, 1.54) is 16.7 Å². The molecule has 0 bridgehead atoms. The molecular weight excluding hydrogens is 444 g/mol. The van der Waals surface area contributed by atoms with E-state index < -0.39 is 0 Å². The molecule has 4 aromatic rings. The smallest absolute Gasteiger partial charge is 0.224 e. The molecule has 4 heteroatoms. The van der Waals surface area contributed by atoms with Crippen LogP contribution in [0, 0.1) is 13.8 Å². The second kappa shape index (κ2) is 10.2. The van der Waals surface area contributed by atoms with E-state index >= 15 is 0 Å². The molecule has 1 aromatic heterocycles. The predicted octanol–water partition coefficient (Wildman–Crippen LogP) is 6.22. The van der Waals surface area contributed by atoms with E-state index in [1.54, 1.807) is 7.11 Å². The molecule has 0 radical (unpaired) electrons. The minimum absolute atomic E-state index is 0.0271. The Labute approximate surface area is 212 Å². The van der Waals surface area contributed by atoms with Gasteiger partial charge in [-0.25, -0.2) is 0 Å². The van der Waals surface area contributed by atoms with Gasteiger partial charge in [0.2, 0.25) is 5.91 Å². The normalized spacial score (nSPS) is 12.1. The zero-order valence-electron chi connectivity index (χ0n) is 21.0. The number of aryl methyl sites for hydroxylation is 1. The Balaban J connectivity index is 1.30. The van der Waals surface area contributed by atoms with Gasteiger partial charge in [-0.2, -0.15) is 0 Å². The number of carbonyl (C=O) groups excluding carboxylic acids is 1. The minimum Gasteiger partial charge on any atom is -0.496 e. The van der Waals surface area contributed by atoms with Crippen LogP contribution < -0.4 is 10.1 Å². The van der Waals surface area contributed by atoms with E-state index in [9.17, 15) is 4.79 Å². The Morgan fingerprint density at radius 3 is 2.44 bits per heavy atom. The molecule has 1 aliphatic rings. The lowest BCUT2D eigenvalue weighted by molar-refractivity contribution is -0.120. The molecule has 0 fully saturated rings. The molecule has 3 aromatic carbocycles. The average Bonchev–Trinajstić information content (AvgIpc) is 3.33. The molecule has 1 N–H and O–H groups in total. The minimum atomic E-state index is 0.0271. The number of carbonyl (C=O) groups is 1. The fraction of sp³-hybridized carbons (Fsp3) is 0.188. The van der Waals surface area contributed by atoms with Crippen molar-refractivity contribution in [3.8, 4) is 16.9 Å². The van der Waals surface area contributed by atoms with Gasteiger partial charge in [-0.15, -0.1) is 0 Å². The van der Waals surface area contributed by atoms with Crippen molar-refractivity contribution in [2.45, 2.75) is 33.2 Å². The zero-order chi connectivity index (χ0) is 25.1. The van der Waals surface area contributed by atoms with Crippen LogP contribution in [0.2, 0.25) is 0 Å². The second-order valence-electron chi connectivity index (χ2n) is 9.30. The summed E-state index contributed by atoms with van der Waals surface area (Å²) in [4.78, 5) is 17.1. The van der Waals surface area contributed by atoms with Crippen molar-refractivity contribution in [3.63, 3.8) is 0 Å². The number of amides is 1. The van der Waals surface area contributed by atoms with Gasteiger partial charge in [0.15, 0.2) is 0 Å². The number of hydrogen-bond acceptors (Lipinski definition) is 3. The summed E-state index contributed by atoms with van der Waals surface area (Å²) >= 11 is 0. The molecule has 1 heterocycles. The highest BCUT2D eigenvalue weighted by Crippen LogP contribution is 2.36. The number of rotatable bonds is 7. The molecule has 0 spiro atoms.